The molecule has 33 heavy (non-hydrogen) atoms. The number of aryl methyl sites for hydroxylation is 3. The summed E-state index contributed by atoms with van der Waals surface area (Å²) < 4.78 is 28.6. The van der Waals surface area contributed by atoms with E-state index in [0.717, 1.165) is 11.1 Å². The Kier molecular flexibility index (Phi) is 8.13. The van der Waals surface area contributed by atoms with Crippen LogP contribution in [-0.2, 0) is 27.9 Å². The van der Waals surface area contributed by atoms with Gasteiger partial charge < -0.3 is 5.32 Å². The first kappa shape index (κ1) is 25.2. The minimum absolute atomic E-state index is 0.0331. The molecule has 0 saturated heterocycles. The molecule has 1 amide bonds. The van der Waals surface area contributed by atoms with Crippen molar-refractivity contribution >= 4 is 39.1 Å². The third-order valence-corrected chi connectivity index (χ3v) is 7.94. The summed E-state index contributed by atoms with van der Waals surface area (Å²) in [7, 11) is -3.99. The molecule has 9 heteroatoms. The monoisotopic (exact) mass is 505 g/mol. The van der Waals surface area contributed by atoms with Gasteiger partial charge in [-0.3, -0.25) is 9.78 Å². The van der Waals surface area contributed by atoms with Crippen LogP contribution in [0.4, 0.5) is 0 Å². The van der Waals surface area contributed by atoms with Gasteiger partial charge in [0.15, 0.2) is 0 Å². The van der Waals surface area contributed by atoms with Gasteiger partial charge in [-0.1, -0.05) is 47.0 Å². The molecule has 2 aromatic carbocycles. The first-order valence-electron chi connectivity index (χ1n) is 10.3. The van der Waals surface area contributed by atoms with Crippen LogP contribution in [0, 0.1) is 20.8 Å². The number of amides is 1. The van der Waals surface area contributed by atoms with E-state index in [1.54, 1.807) is 56.6 Å². The summed E-state index contributed by atoms with van der Waals surface area (Å²) in [5.41, 5.74) is 3.71. The lowest BCUT2D eigenvalue weighted by atomic mass is 10.1. The van der Waals surface area contributed by atoms with Gasteiger partial charge in [0, 0.05) is 25.5 Å². The van der Waals surface area contributed by atoms with Crippen LogP contribution in [0.5, 0.6) is 0 Å². The number of halogens is 2. The largest absolute Gasteiger partial charge is 0.351 e. The molecular weight excluding hydrogens is 481 g/mol. The molecule has 0 aliphatic heterocycles. The molecule has 0 aliphatic rings. The second kappa shape index (κ2) is 10.7. The van der Waals surface area contributed by atoms with Gasteiger partial charge in [0.25, 0.3) is 0 Å². The van der Waals surface area contributed by atoms with E-state index in [9.17, 15) is 13.2 Å². The first-order valence-corrected chi connectivity index (χ1v) is 12.4. The number of hydrogen-bond donors (Lipinski definition) is 1. The smallest absolute Gasteiger partial charge is 0.244 e. The highest BCUT2D eigenvalue weighted by atomic mass is 35.5. The number of benzene rings is 2. The Morgan fingerprint density at radius 3 is 2.18 bits per heavy atom. The van der Waals surface area contributed by atoms with E-state index in [2.05, 4.69) is 10.3 Å². The maximum atomic E-state index is 13.7. The lowest BCUT2D eigenvalue weighted by Gasteiger charge is -2.24. The molecule has 3 aromatic rings. The predicted octanol–water partition coefficient (Wildman–Crippen LogP) is 4.82. The minimum Gasteiger partial charge on any atom is -0.351 e. The Labute approximate surface area is 204 Å². The van der Waals surface area contributed by atoms with E-state index in [0.29, 0.717) is 26.7 Å². The van der Waals surface area contributed by atoms with Gasteiger partial charge in [0.1, 0.15) is 0 Å². The van der Waals surface area contributed by atoms with Gasteiger partial charge >= 0.3 is 0 Å². The summed E-state index contributed by atoms with van der Waals surface area (Å²) in [6.07, 6.45) is 3.26. The van der Waals surface area contributed by atoms with Crippen LogP contribution in [0.3, 0.4) is 0 Å². The zero-order valence-electron chi connectivity index (χ0n) is 18.6. The first-order chi connectivity index (χ1) is 15.6. The molecule has 0 aliphatic carbocycles. The Morgan fingerprint density at radius 2 is 1.58 bits per heavy atom. The Morgan fingerprint density at radius 1 is 0.939 bits per heavy atom. The van der Waals surface area contributed by atoms with Crippen molar-refractivity contribution in [3.8, 4) is 0 Å². The molecule has 174 valence electrons. The summed E-state index contributed by atoms with van der Waals surface area (Å²) in [6.45, 7) is 5.32. The molecule has 0 atom stereocenters. The van der Waals surface area contributed by atoms with Crippen LogP contribution in [0.2, 0.25) is 10.0 Å². The highest BCUT2D eigenvalue weighted by Crippen LogP contribution is 2.28. The van der Waals surface area contributed by atoms with Crippen LogP contribution in [0.25, 0.3) is 0 Å². The van der Waals surface area contributed by atoms with Crippen molar-refractivity contribution in [2.45, 2.75) is 38.8 Å². The number of rotatable bonds is 8. The van der Waals surface area contributed by atoms with Gasteiger partial charge in [0.05, 0.1) is 21.5 Å². The maximum absolute atomic E-state index is 13.7. The number of pyridine rings is 1. The lowest BCUT2D eigenvalue weighted by molar-refractivity contribution is -0.121. The Hall–Kier alpha value is -2.45. The van der Waals surface area contributed by atoms with Crippen LogP contribution >= 0.6 is 23.2 Å². The standard InChI is InChI=1S/C24H25Cl2N3O3S/c1-16-10-17(2)24(18(3)11-16)33(31,32)29(14-20-4-5-21(25)22(26)12-20)15-23(30)28-13-19-6-8-27-9-7-19/h4-12H,13-15H2,1-3H3,(H,28,30). The average Bonchev–Trinajstić information content (AvgIpc) is 2.74. The van der Waals surface area contributed by atoms with Crippen molar-refractivity contribution in [1.82, 2.24) is 14.6 Å². The average molecular weight is 506 g/mol. The molecule has 0 radical (unpaired) electrons. The molecule has 1 heterocycles. The van der Waals surface area contributed by atoms with E-state index < -0.39 is 15.9 Å². The molecule has 0 saturated carbocycles. The number of carbonyl (C=O) groups excluding carboxylic acids is 1. The molecule has 0 fully saturated rings. The van der Waals surface area contributed by atoms with Gasteiger partial charge in [-0.25, -0.2) is 8.42 Å². The zero-order chi connectivity index (χ0) is 24.2. The van der Waals surface area contributed by atoms with E-state index in [-0.39, 0.29) is 24.5 Å². The fourth-order valence-corrected chi connectivity index (χ4v) is 5.80. The fourth-order valence-electron chi connectivity index (χ4n) is 3.69. The summed E-state index contributed by atoms with van der Waals surface area (Å²) >= 11 is 12.1. The molecule has 0 spiro atoms. The Bertz CT molecular complexity index is 1240. The van der Waals surface area contributed by atoms with Crippen molar-refractivity contribution < 1.29 is 13.2 Å². The van der Waals surface area contributed by atoms with Gasteiger partial charge in [-0.15, -0.1) is 0 Å². The summed E-state index contributed by atoms with van der Waals surface area (Å²) in [4.78, 5) is 16.9. The second-order valence-electron chi connectivity index (χ2n) is 7.88. The van der Waals surface area contributed by atoms with E-state index in [1.807, 2.05) is 19.1 Å². The van der Waals surface area contributed by atoms with Gasteiger partial charge in [0.2, 0.25) is 15.9 Å². The van der Waals surface area contributed by atoms with Crippen molar-refractivity contribution in [3.05, 3.63) is 92.7 Å². The van der Waals surface area contributed by atoms with Crippen LogP contribution in [-0.4, -0.2) is 30.2 Å². The SMILES string of the molecule is Cc1cc(C)c(S(=O)(=O)N(CC(=O)NCc2ccncc2)Cc2ccc(Cl)c(Cl)c2)c(C)c1. The molecular formula is C24H25Cl2N3O3S. The molecule has 6 nitrogen and oxygen atoms in total. The number of nitrogens with one attached hydrogen (secondary N) is 1. The molecule has 0 bridgehead atoms. The van der Waals surface area contributed by atoms with Crippen LogP contribution in [0.15, 0.2) is 59.8 Å². The molecule has 1 aromatic heterocycles. The van der Waals surface area contributed by atoms with Crippen LogP contribution in [0.1, 0.15) is 27.8 Å². The van der Waals surface area contributed by atoms with E-state index in [1.165, 1.54) is 4.31 Å². The van der Waals surface area contributed by atoms with Crippen molar-refractivity contribution in [2.24, 2.45) is 0 Å². The Balaban J connectivity index is 1.92. The molecule has 0 unspecified atom stereocenters. The third kappa shape index (κ3) is 6.32. The maximum Gasteiger partial charge on any atom is 0.244 e. The summed E-state index contributed by atoms with van der Waals surface area (Å²) in [6, 6.07) is 12.1. The van der Waals surface area contributed by atoms with E-state index in [4.69, 9.17) is 23.2 Å². The lowest BCUT2D eigenvalue weighted by Crippen LogP contribution is -2.40. The second-order valence-corrected chi connectivity index (χ2v) is 10.6. The normalized spacial score (nSPS) is 11.6. The number of aromatic nitrogens is 1. The van der Waals surface area contributed by atoms with Crippen molar-refractivity contribution in [3.63, 3.8) is 0 Å². The highest BCUT2D eigenvalue weighted by Gasteiger charge is 2.30. The topological polar surface area (TPSA) is 79.4 Å². The molecule has 3 rings (SSSR count). The number of carbonyl (C=O) groups is 1. The summed E-state index contributed by atoms with van der Waals surface area (Å²) in [5.74, 6) is -0.419. The fraction of sp³-hybridized carbons (Fsp3) is 0.250. The number of nitrogens with zero attached hydrogens (tertiary/aromatic N) is 2. The quantitative estimate of drug-likeness (QED) is 0.475. The highest BCUT2D eigenvalue weighted by molar-refractivity contribution is 7.89. The third-order valence-electron chi connectivity index (χ3n) is 5.10. The molecule has 1 N–H and O–H groups in total. The van der Waals surface area contributed by atoms with Gasteiger partial charge in [-0.05, 0) is 67.3 Å². The van der Waals surface area contributed by atoms with Crippen molar-refractivity contribution in [2.75, 3.05) is 6.54 Å². The van der Waals surface area contributed by atoms with Crippen molar-refractivity contribution in [1.29, 1.82) is 0 Å². The van der Waals surface area contributed by atoms with Crippen LogP contribution < -0.4 is 5.32 Å². The predicted molar refractivity (Wildman–Crippen MR) is 131 cm³/mol. The number of hydrogen-bond acceptors (Lipinski definition) is 4. The number of sulfonamides is 1. The van der Waals surface area contributed by atoms with E-state index >= 15 is 0 Å². The van der Waals surface area contributed by atoms with Gasteiger partial charge in [-0.2, -0.15) is 4.31 Å². The zero-order valence-corrected chi connectivity index (χ0v) is 20.9. The minimum atomic E-state index is -3.99. The summed E-state index contributed by atoms with van der Waals surface area (Å²) in [5, 5.41) is 3.46.